The summed E-state index contributed by atoms with van der Waals surface area (Å²) in [5.41, 5.74) is 0. The lowest BCUT2D eigenvalue weighted by Crippen LogP contribution is -2.45. The Balaban J connectivity index is 1.27. The van der Waals surface area contributed by atoms with Crippen LogP contribution in [0.1, 0.15) is 25.7 Å². The zero-order chi connectivity index (χ0) is 12.7. The molecular weight excluding hydrogens is 238 g/mol. The maximum Gasteiger partial charge on any atom is 0.0594 e. The zero-order valence-electron chi connectivity index (χ0n) is 11.9. The van der Waals surface area contributed by atoms with Crippen LogP contribution in [-0.4, -0.2) is 73.9 Å². The highest BCUT2D eigenvalue weighted by atomic mass is 16.5. The molecule has 0 radical (unpaired) electrons. The van der Waals surface area contributed by atoms with Crippen LogP contribution in [-0.2, 0) is 4.74 Å². The monoisotopic (exact) mass is 265 g/mol. The van der Waals surface area contributed by atoms with Gasteiger partial charge in [0.2, 0.25) is 0 Å². The fraction of sp³-hybridized carbons (Fsp3) is 1.00. The minimum atomic E-state index is 0.801. The molecule has 4 heterocycles. The molecule has 4 aliphatic heterocycles. The van der Waals surface area contributed by atoms with Crippen LogP contribution >= 0.6 is 0 Å². The van der Waals surface area contributed by atoms with Crippen molar-refractivity contribution < 1.29 is 4.74 Å². The average molecular weight is 265 g/mol. The molecule has 0 aliphatic carbocycles. The number of nitrogens with one attached hydrogen (secondary N) is 1. The average Bonchev–Trinajstić information content (AvgIpc) is 3.16. The normalized spacial score (nSPS) is 44.2. The first-order chi connectivity index (χ1) is 9.38. The summed E-state index contributed by atoms with van der Waals surface area (Å²) in [4.78, 5) is 5.38. The number of hydrogen-bond acceptors (Lipinski definition) is 4. The summed E-state index contributed by atoms with van der Waals surface area (Å²) in [6.45, 7) is 8.13. The Morgan fingerprint density at radius 2 is 1.95 bits per heavy atom. The Bertz CT molecular complexity index is 319. The van der Waals surface area contributed by atoms with Gasteiger partial charge in [-0.05, 0) is 38.1 Å². The molecule has 4 heteroatoms. The van der Waals surface area contributed by atoms with E-state index in [0.717, 1.165) is 50.3 Å². The van der Waals surface area contributed by atoms with Crippen LogP contribution < -0.4 is 5.32 Å². The van der Waals surface area contributed by atoms with Crippen molar-refractivity contribution >= 4 is 0 Å². The van der Waals surface area contributed by atoms with Crippen LogP contribution in [0.4, 0.5) is 0 Å². The Hall–Kier alpha value is -0.160. The highest BCUT2D eigenvalue weighted by Gasteiger charge is 2.40. The Kier molecular flexibility index (Phi) is 3.52. The first-order valence-corrected chi connectivity index (χ1v) is 8.19. The van der Waals surface area contributed by atoms with Crippen molar-refractivity contribution in [2.24, 2.45) is 5.92 Å². The van der Waals surface area contributed by atoms with E-state index in [4.69, 9.17) is 4.74 Å². The molecule has 4 rings (SSSR count). The largest absolute Gasteiger partial charge is 0.379 e. The number of ether oxygens (including phenoxy) is 1. The molecule has 4 fully saturated rings. The van der Waals surface area contributed by atoms with E-state index >= 15 is 0 Å². The second kappa shape index (κ2) is 5.32. The van der Waals surface area contributed by atoms with E-state index in [1.807, 2.05) is 0 Å². The second-order valence-electron chi connectivity index (χ2n) is 6.89. The molecule has 2 bridgehead atoms. The van der Waals surface area contributed by atoms with Crippen LogP contribution in [0, 0.1) is 5.92 Å². The van der Waals surface area contributed by atoms with E-state index in [0.29, 0.717) is 0 Å². The van der Waals surface area contributed by atoms with Crippen molar-refractivity contribution in [1.29, 1.82) is 0 Å². The van der Waals surface area contributed by atoms with E-state index in [-0.39, 0.29) is 0 Å². The van der Waals surface area contributed by atoms with Crippen molar-refractivity contribution in [2.45, 2.75) is 43.8 Å². The summed E-state index contributed by atoms with van der Waals surface area (Å²) >= 11 is 0. The SMILES string of the molecule is C1CN(C2CCN(CC3CC4CCC3N4)C2)CCO1. The van der Waals surface area contributed by atoms with Gasteiger partial charge in [0.1, 0.15) is 0 Å². The molecule has 0 aromatic rings. The molecule has 0 aromatic heterocycles. The Morgan fingerprint density at radius 3 is 2.68 bits per heavy atom. The van der Waals surface area contributed by atoms with Crippen LogP contribution in [0.25, 0.3) is 0 Å². The number of nitrogens with zero attached hydrogens (tertiary/aromatic N) is 2. The highest BCUT2D eigenvalue weighted by Crippen LogP contribution is 2.34. The van der Waals surface area contributed by atoms with Crippen LogP contribution in [0.2, 0.25) is 0 Å². The molecule has 4 atom stereocenters. The summed E-state index contributed by atoms with van der Waals surface area (Å²) in [6, 6.07) is 2.50. The number of hydrogen-bond donors (Lipinski definition) is 1. The summed E-state index contributed by atoms with van der Waals surface area (Å²) in [5.74, 6) is 0.933. The predicted molar refractivity (Wildman–Crippen MR) is 75.3 cm³/mol. The van der Waals surface area contributed by atoms with Gasteiger partial charge in [0.25, 0.3) is 0 Å². The molecule has 4 nitrogen and oxygen atoms in total. The lowest BCUT2D eigenvalue weighted by atomic mass is 9.89. The molecule has 0 aromatic carbocycles. The summed E-state index contributed by atoms with van der Waals surface area (Å²) in [5, 5.41) is 3.77. The summed E-state index contributed by atoms with van der Waals surface area (Å²) in [7, 11) is 0. The molecule has 1 N–H and O–H groups in total. The molecule has 0 amide bonds. The number of fused-ring (bicyclic) bond motifs is 2. The van der Waals surface area contributed by atoms with E-state index in [9.17, 15) is 0 Å². The fourth-order valence-electron chi connectivity index (χ4n) is 4.69. The summed E-state index contributed by atoms with van der Waals surface area (Å²) < 4.78 is 5.46. The van der Waals surface area contributed by atoms with E-state index in [2.05, 4.69) is 15.1 Å². The zero-order valence-corrected chi connectivity index (χ0v) is 11.9. The van der Waals surface area contributed by atoms with Gasteiger partial charge in [0.15, 0.2) is 0 Å². The quantitative estimate of drug-likeness (QED) is 0.806. The van der Waals surface area contributed by atoms with E-state index < -0.39 is 0 Å². The fourth-order valence-corrected chi connectivity index (χ4v) is 4.69. The molecule has 4 aliphatic rings. The molecule has 4 unspecified atom stereocenters. The third-order valence-corrected chi connectivity index (χ3v) is 5.73. The van der Waals surface area contributed by atoms with Crippen LogP contribution in [0.5, 0.6) is 0 Å². The number of rotatable bonds is 3. The van der Waals surface area contributed by atoms with Crippen molar-refractivity contribution in [2.75, 3.05) is 45.9 Å². The number of morpholine rings is 1. The topological polar surface area (TPSA) is 27.7 Å². The van der Waals surface area contributed by atoms with E-state index in [1.165, 1.54) is 45.3 Å². The number of likely N-dealkylation sites (tertiary alicyclic amines) is 1. The maximum atomic E-state index is 5.46. The van der Waals surface area contributed by atoms with Crippen molar-refractivity contribution in [3.05, 3.63) is 0 Å². The van der Waals surface area contributed by atoms with Gasteiger partial charge in [-0.3, -0.25) is 4.90 Å². The van der Waals surface area contributed by atoms with Crippen molar-refractivity contribution in [3.8, 4) is 0 Å². The summed E-state index contributed by atoms with van der Waals surface area (Å²) in [6.07, 6.45) is 5.66. The van der Waals surface area contributed by atoms with Gasteiger partial charge < -0.3 is 15.0 Å². The Morgan fingerprint density at radius 1 is 1.05 bits per heavy atom. The minimum absolute atomic E-state index is 0.801. The highest BCUT2D eigenvalue weighted by molar-refractivity contribution is 4.99. The lowest BCUT2D eigenvalue weighted by molar-refractivity contribution is 0.0182. The second-order valence-corrected chi connectivity index (χ2v) is 6.89. The van der Waals surface area contributed by atoms with Crippen molar-refractivity contribution in [3.63, 3.8) is 0 Å². The van der Waals surface area contributed by atoms with Crippen molar-refractivity contribution in [1.82, 2.24) is 15.1 Å². The standard InChI is InChI=1S/C15H27N3O/c1-2-15-12(9-13(1)16-15)10-17-4-3-14(11-17)18-5-7-19-8-6-18/h12-16H,1-11H2. The van der Waals surface area contributed by atoms with Crippen LogP contribution in [0.3, 0.4) is 0 Å². The van der Waals surface area contributed by atoms with Gasteiger partial charge >= 0.3 is 0 Å². The molecule has 19 heavy (non-hydrogen) atoms. The van der Waals surface area contributed by atoms with Gasteiger partial charge in [-0.1, -0.05) is 0 Å². The first-order valence-electron chi connectivity index (χ1n) is 8.19. The van der Waals surface area contributed by atoms with Gasteiger partial charge in [-0.2, -0.15) is 0 Å². The smallest absolute Gasteiger partial charge is 0.0594 e. The van der Waals surface area contributed by atoms with Gasteiger partial charge in [0, 0.05) is 44.3 Å². The first kappa shape index (κ1) is 12.6. The van der Waals surface area contributed by atoms with Gasteiger partial charge in [0.05, 0.1) is 13.2 Å². The molecule has 0 saturated carbocycles. The lowest BCUT2D eigenvalue weighted by Gasteiger charge is -2.32. The third-order valence-electron chi connectivity index (χ3n) is 5.73. The molecule has 108 valence electrons. The van der Waals surface area contributed by atoms with Gasteiger partial charge in [-0.25, -0.2) is 0 Å². The molecule has 0 spiro atoms. The Labute approximate surface area is 116 Å². The van der Waals surface area contributed by atoms with E-state index in [1.54, 1.807) is 0 Å². The maximum absolute atomic E-state index is 5.46. The van der Waals surface area contributed by atoms with Crippen LogP contribution in [0.15, 0.2) is 0 Å². The van der Waals surface area contributed by atoms with Gasteiger partial charge in [-0.15, -0.1) is 0 Å². The molecule has 4 saturated heterocycles. The third kappa shape index (κ3) is 2.56. The predicted octanol–water partition coefficient (Wildman–Crippen LogP) is 0.533. The minimum Gasteiger partial charge on any atom is -0.379 e. The molecular formula is C15H27N3O.